The molecule has 0 bridgehead atoms. The number of imide groups is 1. The Morgan fingerprint density at radius 3 is 2.27 bits per heavy atom. The zero-order chi connectivity index (χ0) is 24.3. The van der Waals surface area contributed by atoms with Crippen molar-refractivity contribution in [1.29, 1.82) is 0 Å². The minimum absolute atomic E-state index is 0.0130. The van der Waals surface area contributed by atoms with Crippen LogP contribution in [-0.4, -0.2) is 44.3 Å². The fraction of sp³-hybridized carbons (Fsp3) is 0.0526. The molecule has 1 aliphatic rings. The number of nitro benzene ring substituents is 2. The lowest BCUT2D eigenvalue weighted by Gasteiger charge is -2.08. The maximum Gasteiger partial charge on any atom is 0.344 e. The van der Waals surface area contributed by atoms with Crippen LogP contribution < -0.4 is 10.5 Å². The average molecular weight is 472 g/mol. The summed E-state index contributed by atoms with van der Waals surface area (Å²) in [5.74, 6) is -2.68. The van der Waals surface area contributed by atoms with E-state index in [9.17, 15) is 39.4 Å². The summed E-state index contributed by atoms with van der Waals surface area (Å²) in [7, 11) is 0. The van der Waals surface area contributed by atoms with E-state index >= 15 is 0 Å². The molecule has 0 atom stereocenters. The molecule has 0 saturated carbocycles. The van der Waals surface area contributed by atoms with Crippen LogP contribution in [0.15, 0.2) is 47.4 Å². The summed E-state index contributed by atoms with van der Waals surface area (Å²) in [6.07, 6.45) is 1.33. The molecular weight excluding hydrogens is 460 g/mol. The number of carbonyl (C=O) groups excluding carboxylic acids is 4. The number of non-ortho nitro benzene ring substituents is 2. The fourth-order valence-corrected chi connectivity index (χ4v) is 3.54. The average Bonchev–Trinajstić information content (AvgIpc) is 3.00. The number of nitro groups is 2. The first kappa shape index (κ1) is 23.1. The number of esters is 1. The Hall–Kier alpha value is -4.59. The second-order valence-corrected chi connectivity index (χ2v) is 7.44. The predicted molar refractivity (Wildman–Crippen MR) is 113 cm³/mol. The number of hydrogen-bond donors (Lipinski definition) is 1. The molecule has 33 heavy (non-hydrogen) atoms. The van der Waals surface area contributed by atoms with Crippen molar-refractivity contribution in [2.24, 2.45) is 5.73 Å². The molecule has 0 radical (unpaired) electrons. The largest absolute Gasteiger partial charge is 0.423 e. The smallest absolute Gasteiger partial charge is 0.344 e. The highest BCUT2D eigenvalue weighted by Gasteiger charge is 2.35. The number of nitrogens with two attached hydrogens (primary N) is 1. The molecular formula is C19H12N4O9S. The van der Waals surface area contributed by atoms with Gasteiger partial charge >= 0.3 is 5.97 Å². The summed E-state index contributed by atoms with van der Waals surface area (Å²) in [5.41, 5.74) is 3.66. The minimum Gasteiger partial charge on any atom is -0.423 e. The maximum absolute atomic E-state index is 12.4. The summed E-state index contributed by atoms with van der Waals surface area (Å²) in [6, 6.07) is 8.12. The van der Waals surface area contributed by atoms with E-state index in [4.69, 9.17) is 10.5 Å². The van der Waals surface area contributed by atoms with Gasteiger partial charge in [0, 0.05) is 12.1 Å². The van der Waals surface area contributed by atoms with Crippen molar-refractivity contribution in [3.8, 4) is 5.75 Å². The Kier molecular flexibility index (Phi) is 6.48. The van der Waals surface area contributed by atoms with E-state index < -0.39 is 56.4 Å². The monoisotopic (exact) mass is 472 g/mol. The third kappa shape index (κ3) is 5.37. The highest BCUT2D eigenvalue weighted by molar-refractivity contribution is 8.18. The molecule has 0 aliphatic carbocycles. The third-order valence-corrected chi connectivity index (χ3v) is 5.02. The second-order valence-electron chi connectivity index (χ2n) is 6.45. The number of rotatable bonds is 7. The van der Waals surface area contributed by atoms with Gasteiger partial charge in [-0.3, -0.25) is 39.5 Å². The molecule has 0 aromatic heterocycles. The highest BCUT2D eigenvalue weighted by Crippen LogP contribution is 2.32. The second kappa shape index (κ2) is 9.27. The topological polar surface area (TPSA) is 193 Å². The Morgan fingerprint density at radius 2 is 1.70 bits per heavy atom. The van der Waals surface area contributed by atoms with Crippen LogP contribution >= 0.6 is 11.8 Å². The molecule has 0 unspecified atom stereocenters. The zero-order valence-electron chi connectivity index (χ0n) is 16.3. The number of hydrogen-bond acceptors (Lipinski definition) is 10. The Balaban J connectivity index is 1.83. The molecule has 1 fully saturated rings. The predicted octanol–water partition coefficient (Wildman–Crippen LogP) is 2.24. The Bertz CT molecular complexity index is 1230. The lowest BCUT2D eigenvalue weighted by Crippen LogP contribution is -2.36. The number of thioether (sulfide) groups is 1. The molecule has 13 nitrogen and oxygen atoms in total. The van der Waals surface area contributed by atoms with Crippen molar-refractivity contribution in [2.45, 2.75) is 0 Å². The van der Waals surface area contributed by atoms with Gasteiger partial charge in [-0.05, 0) is 35.5 Å². The SMILES string of the molecule is NC(=O)CN1C(=O)S/C(=C\c2cccc(OC(=O)c3cc([N+](=O)[O-])cc([N+](=O)[O-])c3)c2)C1=O. The van der Waals surface area contributed by atoms with Gasteiger partial charge in [-0.2, -0.15) is 0 Å². The number of benzene rings is 2. The van der Waals surface area contributed by atoms with Crippen LogP contribution in [-0.2, 0) is 9.59 Å². The first-order valence-electron chi connectivity index (χ1n) is 8.85. The van der Waals surface area contributed by atoms with E-state index in [1.54, 1.807) is 0 Å². The first-order chi connectivity index (χ1) is 15.5. The van der Waals surface area contributed by atoms with Crippen molar-refractivity contribution >= 4 is 52.2 Å². The quantitative estimate of drug-likeness (QED) is 0.205. The zero-order valence-corrected chi connectivity index (χ0v) is 17.1. The van der Waals surface area contributed by atoms with E-state index in [0.717, 1.165) is 12.1 Å². The van der Waals surface area contributed by atoms with Crippen LogP contribution in [0.4, 0.5) is 16.2 Å². The van der Waals surface area contributed by atoms with Crippen molar-refractivity contribution in [2.75, 3.05) is 6.54 Å². The summed E-state index contributed by atoms with van der Waals surface area (Å²) in [5, 5.41) is 21.3. The minimum atomic E-state index is -1.08. The summed E-state index contributed by atoms with van der Waals surface area (Å²) in [6.45, 7) is -0.561. The van der Waals surface area contributed by atoms with Gasteiger partial charge in [-0.15, -0.1) is 0 Å². The summed E-state index contributed by atoms with van der Waals surface area (Å²) >= 11 is 0.599. The molecule has 3 rings (SSSR count). The normalized spacial score (nSPS) is 14.4. The summed E-state index contributed by atoms with van der Waals surface area (Å²) < 4.78 is 5.15. The van der Waals surface area contributed by atoms with Gasteiger partial charge in [0.1, 0.15) is 12.3 Å². The number of ether oxygens (including phenoxy) is 1. The third-order valence-electron chi connectivity index (χ3n) is 4.11. The van der Waals surface area contributed by atoms with Crippen LogP contribution in [0, 0.1) is 20.2 Å². The van der Waals surface area contributed by atoms with E-state index in [-0.39, 0.29) is 10.7 Å². The molecule has 1 aliphatic heterocycles. The van der Waals surface area contributed by atoms with Gasteiger partial charge in [0.25, 0.3) is 22.5 Å². The number of nitrogens with zero attached hydrogens (tertiary/aromatic N) is 3. The van der Waals surface area contributed by atoms with Crippen molar-refractivity contribution in [1.82, 2.24) is 4.90 Å². The Morgan fingerprint density at radius 1 is 1.06 bits per heavy atom. The molecule has 2 aromatic rings. The molecule has 3 amide bonds. The van der Waals surface area contributed by atoms with Gasteiger partial charge in [0.05, 0.1) is 26.4 Å². The number of primary amides is 1. The lowest BCUT2D eigenvalue weighted by molar-refractivity contribution is -0.394. The van der Waals surface area contributed by atoms with Crippen LogP contribution in [0.25, 0.3) is 6.08 Å². The lowest BCUT2D eigenvalue weighted by atomic mass is 10.1. The van der Waals surface area contributed by atoms with Crippen molar-refractivity contribution in [3.63, 3.8) is 0 Å². The van der Waals surface area contributed by atoms with E-state index in [1.807, 2.05) is 0 Å². The van der Waals surface area contributed by atoms with E-state index in [1.165, 1.54) is 30.3 Å². The van der Waals surface area contributed by atoms with Crippen LogP contribution in [0.2, 0.25) is 0 Å². The molecule has 1 saturated heterocycles. The number of amides is 3. The van der Waals surface area contributed by atoms with Gasteiger partial charge in [-0.1, -0.05) is 12.1 Å². The van der Waals surface area contributed by atoms with Gasteiger partial charge in [0.15, 0.2) is 0 Å². The van der Waals surface area contributed by atoms with Gasteiger partial charge in [0.2, 0.25) is 5.91 Å². The molecule has 2 aromatic carbocycles. The molecule has 1 heterocycles. The van der Waals surface area contributed by atoms with E-state index in [0.29, 0.717) is 28.3 Å². The molecule has 0 spiro atoms. The van der Waals surface area contributed by atoms with Crippen molar-refractivity contribution < 1.29 is 33.8 Å². The molecule has 2 N–H and O–H groups in total. The molecule has 14 heteroatoms. The fourth-order valence-electron chi connectivity index (χ4n) is 2.70. The van der Waals surface area contributed by atoms with E-state index in [2.05, 4.69) is 0 Å². The Labute approximate surface area is 188 Å². The summed E-state index contributed by atoms with van der Waals surface area (Å²) in [4.78, 5) is 68.6. The van der Waals surface area contributed by atoms with Gasteiger partial charge < -0.3 is 10.5 Å². The van der Waals surface area contributed by atoms with Crippen LogP contribution in [0.1, 0.15) is 15.9 Å². The standard InChI is InChI=1S/C19H12N4O9S/c20-16(24)9-21-17(25)15(33-19(21)27)5-10-2-1-3-14(4-10)32-18(26)11-6-12(22(28)29)8-13(7-11)23(30)31/h1-8H,9H2,(H2,20,24)/b15-5-. The number of carbonyl (C=O) groups is 4. The van der Waals surface area contributed by atoms with Crippen LogP contribution in [0.3, 0.4) is 0 Å². The van der Waals surface area contributed by atoms with Crippen LogP contribution in [0.5, 0.6) is 5.75 Å². The highest BCUT2D eigenvalue weighted by atomic mass is 32.2. The van der Waals surface area contributed by atoms with Gasteiger partial charge in [-0.25, -0.2) is 4.79 Å². The molecule has 168 valence electrons. The van der Waals surface area contributed by atoms with Crippen molar-refractivity contribution in [3.05, 3.63) is 78.7 Å². The maximum atomic E-state index is 12.4. The first-order valence-corrected chi connectivity index (χ1v) is 9.66.